The maximum atomic E-state index is 13.5. The van der Waals surface area contributed by atoms with Crippen LogP contribution in [0.1, 0.15) is 31.9 Å². The molecule has 0 fully saturated rings. The van der Waals surface area contributed by atoms with Crippen LogP contribution < -0.4 is 9.62 Å². The van der Waals surface area contributed by atoms with Crippen LogP contribution in [0.2, 0.25) is 10.0 Å². The van der Waals surface area contributed by atoms with E-state index in [1.54, 1.807) is 13.0 Å². The number of nitrogens with one attached hydrogen (secondary N) is 1. The summed E-state index contributed by atoms with van der Waals surface area (Å²) in [5.41, 5.74) is 1.91. The highest BCUT2D eigenvalue weighted by atomic mass is 35.5. The number of amides is 2. The minimum atomic E-state index is -3.89. The second-order valence-electron chi connectivity index (χ2n) is 8.19. The predicted octanol–water partition coefficient (Wildman–Crippen LogP) is 4.01. The Morgan fingerprint density at radius 1 is 1.06 bits per heavy atom. The molecule has 2 amide bonds. The van der Waals surface area contributed by atoms with Gasteiger partial charge in [-0.3, -0.25) is 13.9 Å². The molecule has 2 aromatic rings. The molecule has 10 heteroatoms. The zero-order valence-electron chi connectivity index (χ0n) is 19.3. The summed E-state index contributed by atoms with van der Waals surface area (Å²) in [7, 11) is -3.89. The van der Waals surface area contributed by atoms with Crippen LogP contribution in [-0.2, 0) is 26.2 Å². The SMILES string of the molecule is Cc1cccc(CN(C(=O)CN(c2cccc(Cl)c2Cl)S(C)(=O)=O)[C@H](C)C(=O)NC(C)C)c1. The van der Waals surface area contributed by atoms with Gasteiger partial charge in [-0.1, -0.05) is 59.1 Å². The van der Waals surface area contributed by atoms with E-state index in [0.29, 0.717) is 0 Å². The number of benzene rings is 2. The van der Waals surface area contributed by atoms with Crippen molar-refractivity contribution in [3.8, 4) is 0 Å². The van der Waals surface area contributed by atoms with Gasteiger partial charge in [0.15, 0.2) is 0 Å². The molecule has 0 bridgehead atoms. The lowest BCUT2D eigenvalue weighted by Gasteiger charge is -2.32. The van der Waals surface area contributed by atoms with Gasteiger partial charge >= 0.3 is 0 Å². The Bertz CT molecular complexity index is 1120. The lowest BCUT2D eigenvalue weighted by atomic mass is 10.1. The molecule has 1 N–H and O–H groups in total. The second kappa shape index (κ2) is 11.2. The van der Waals surface area contributed by atoms with Gasteiger partial charge in [-0.25, -0.2) is 8.42 Å². The second-order valence-corrected chi connectivity index (χ2v) is 10.9. The smallest absolute Gasteiger partial charge is 0.244 e. The summed E-state index contributed by atoms with van der Waals surface area (Å²) in [5.74, 6) is -0.887. The Morgan fingerprint density at radius 2 is 1.70 bits per heavy atom. The van der Waals surface area contributed by atoms with Crippen LogP contribution in [0.5, 0.6) is 0 Å². The normalized spacial score (nSPS) is 12.4. The molecule has 1 atom stereocenters. The number of halogens is 2. The summed E-state index contributed by atoms with van der Waals surface area (Å²) in [4.78, 5) is 27.6. The number of anilines is 1. The lowest BCUT2D eigenvalue weighted by molar-refractivity contribution is -0.139. The first-order chi connectivity index (χ1) is 15.3. The van der Waals surface area contributed by atoms with Crippen LogP contribution in [0, 0.1) is 6.92 Å². The van der Waals surface area contributed by atoms with Crippen molar-refractivity contribution < 1.29 is 18.0 Å². The minimum absolute atomic E-state index is 0.0215. The topological polar surface area (TPSA) is 86.8 Å². The molecule has 33 heavy (non-hydrogen) atoms. The number of rotatable bonds is 9. The van der Waals surface area contributed by atoms with Crippen LogP contribution in [0.15, 0.2) is 42.5 Å². The van der Waals surface area contributed by atoms with Crippen LogP contribution in [0.3, 0.4) is 0 Å². The highest BCUT2D eigenvalue weighted by molar-refractivity contribution is 7.92. The van der Waals surface area contributed by atoms with E-state index in [2.05, 4.69) is 5.32 Å². The standard InChI is InChI=1S/C23H29Cl2N3O4S/c1-15(2)26-23(30)17(4)27(13-18-9-6-8-16(3)12-18)21(29)14-28(33(5,31)32)20-11-7-10-19(24)22(20)25/h6-12,15,17H,13-14H2,1-5H3,(H,26,30)/t17-/m1/s1. The molecule has 0 aliphatic heterocycles. The molecular weight excluding hydrogens is 485 g/mol. The molecule has 0 spiro atoms. The van der Waals surface area contributed by atoms with E-state index in [1.165, 1.54) is 17.0 Å². The molecule has 180 valence electrons. The van der Waals surface area contributed by atoms with Crippen LogP contribution >= 0.6 is 23.2 Å². The maximum absolute atomic E-state index is 13.5. The van der Waals surface area contributed by atoms with Crippen molar-refractivity contribution in [2.24, 2.45) is 0 Å². The molecule has 0 aromatic heterocycles. The van der Waals surface area contributed by atoms with Gasteiger partial charge in [0.2, 0.25) is 21.8 Å². The van der Waals surface area contributed by atoms with Crippen molar-refractivity contribution in [3.05, 3.63) is 63.6 Å². The highest BCUT2D eigenvalue weighted by Gasteiger charge is 2.31. The number of carbonyl (C=O) groups is 2. The van der Waals surface area contributed by atoms with E-state index in [0.717, 1.165) is 21.7 Å². The molecular formula is C23H29Cl2N3O4S. The van der Waals surface area contributed by atoms with Crippen molar-refractivity contribution in [1.29, 1.82) is 0 Å². The van der Waals surface area contributed by atoms with Crippen LogP contribution in [0.4, 0.5) is 5.69 Å². The van der Waals surface area contributed by atoms with Gasteiger partial charge in [0.05, 0.1) is 22.0 Å². The van der Waals surface area contributed by atoms with Crippen molar-refractivity contribution in [2.75, 3.05) is 17.1 Å². The monoisotopic (exact) mass is 513 g/mol. The first kappa shape index (κ1) is 27.0. The van der Waals surface area contributed by atoms with Crippen LogP contribution in [0.25, 0.3) is 0 Å². The van der Waals surface area contributed by atoms with Gasteiger partial charge < -0.3 is 10.2 Å². The van der Waals surface area contributed by atoms with Gasteiger partial charge in [-0.15, -0.1) is 0 Å². The predicted molar refractivity (Wildman–Crippen MR) is 133 cm³/mol. The maximum Gasteiger partial charge on any atom is 0.244 e. The third-order valence-electron chi connectivity index (χ3n) is 4.91. The van der Waals surface area contributed by atoms with E-state index in [-0.39, 0.29) is 34.2 Å². The molecule has 0 radical (unpaired) electrons. The molecule has 2 aromatic carbocycles. The fourth-order valence-electron chi connectivity index (χ4n) is 3.27. The molecule has 0 saturated heterocycles. The average molecular weight is 514 g/mol. The lowest BCUT2D eigenvalue weighted by Crippen LogP contribution is -2.52. The van der Waals surface area contributed by atoms with Gasteiger partial charge in [-0.05, 0) is 45.4 Å². The Labute approximate surface area is 205 Å². The first-order valence-electron chi connectivity index (χ1n) is 10.4. The van der Waals surface area contributed by atoms with Crippen molar-refractivity contribution in [2.45, 2.75) is 46.3 Å². The van der Waals surface area contributed by atoms with Gasteiger partial charge in [0.25, 0.3) is 0 Å². The highest BCUT2D eigenvalue weighted by Crippen LogP contribution is 2.33. The zero-order chi connectivity index (χ0) is 24.9. The number of carbonyl (C=O) groups excluding carboxylic acids is 2. The van der Waals surface area contributed by atoms with E-state index in [1.807, 2.05) is 45.0 Å². The summed E-state index contributed by atoms with van der Waals surface area (Å²) in [6.45, 7) is 6.78. The molecule has 2 rings (SSSR count). The van der Waals surface area contributed by atoms with E-state index in [4.69, 9.17) is 23.2 Å². The average Bonchev–Trinajstić information content (AvgIpc) is 2.70. The summed E-state index contributed by atoms with van der Waals surface area (Å²) in [5, 5.41) is 2.99. The van der Waals surface area contributed by atoms with Crippen molar-refractivity contribution in [3.63, 3.8) is 0 Å². The first-order valence-corrected chi connectivity index (χ1v) is 13.0. The molecule has 0 unspecified atom stereocenters. The Balaban J connectivity index is 2.44. The summed E-state index contributed by atoms with van der Waals surface area (Å²) in [6, 6.07) is 11.1. The summed E-state index contributed by atoms with van der Waals surface area (Å²) >= 11 is 12.3. The van der Waals surface area contributed by atoms with E-state index >= 15 is 0 Å². The molecule has 7 nitrogen and oxygen atoms in total. The van der Waals surface area contributed by atoms with E-state index in [9.17, 15) is 18.0 Å². The third-order valence-corrected chi connectivity index (χ3v) is 6.85. The van der Waals surface area contributed by atoms with Crippen molar-refractivity contribution >= 4 is 50.7 Å². The number of sulfonamides is 1. The minimum Gasteiger partial charge on any atom is -0.352 e. The third kappa shape index (κ3) is 7.35. The van der Waals surface area contributed by atoms with Gasteiger partial charge in [0.1, 0.15) is 12.6 Å². The number of aryl methyl sites for hydroxylation is 1. The number of hydrogen-bond donors (Lipinski definition) is 1. The summed E-state index contributed by atoms with van der Waals surface area (Å²) < 4.78 is 26.1. The van der Waals surface area contributed by atoms with Crippen LogP contribution in [-0.4, -0.2) is 50.0 Å². The summed E-state index contributed by atoms with van der Waals surface area (Å²) in [6.07, 6.45) is 0.983. The van der Waals surface area contributed by atoms with E-state index < -0.39 is 28.5 Å². The fourth-order valence-corrected chi connectivity index (χ4v) is 4.58. The largest absolute Gasteiger partial charge is 0.352 e. The molecule has 0 aliphatic carbocycles. The van der Waals surface area contributed by atoms with Crippen molar-refractivity contribution in [1.82, 2.24) is 10.2 Å². The van der Waals surface area contributed by atoms with Gasteiger partial charge in [-0.2, -0.15) is 0 Å². The number of hydrogen-bond acceptors (Lipinski definition) is 4. The Morgan fingerprint density at radius 3 is 2.27 bits per heavy atom. The number of nitrogens with zero attached hydrogens (tertiary/aromatic N) is 2. The Hall–Kier alpha value is -2.29. The molecule has 0 heterocycles. The zero-order valence-corrected chi connectivity index (χ0v) is 21.6. The fraction of sp³-hybridized carbons (Fsp3) is 0.391. The van der Waals surface area contributed by atoms with Gasteiger partial charge in [0, 0.05) is 12.6 Å². The molecule has 0 saturated carbocycles. The quantitative estimate of drug-likeness (QED) is 0.548. The molecule has 0 aliphatic rings. The Kier molecular flexibility index (Phi) is 9.17.